The van der Waals surface area contributed by atoms with Gasteiger partial charge in [-0.25, -0.2) is 0 Å². The highest BCUT2D eigenvalue weighted by molar-refractivity contribution is 4.89. The fourth-order valence-electron chi connectivity index (χ4n) is 0.711. The van der Waals surface area contributed by atoms with Crippen molar-refractivity contribution in [2.75, 3.05) is 6.61 Å². The molecule has 0 aromatic rings. The van der Waals surface area contributed by atoms with Gasteiger partial charge in [-0.1, -0.05) is 6.08 Å². The average molecular weight is 114 g/mol. The summed E-state index contributed by atoms with van der Waals surface area (Å²) in [6.45, 7) is 3.70. The number of aliphatic hydroxyl groups is 1. The topological polar surface area (TPSA) is 32.8 Å². The number of aliphatic hydroxyl groups excluding tert-OH is 1. The van der Waals surface area contributed by atoms with Crippen LogP contribution in [-0.4, -0.2) is 23.9 Å². The summed E-state index contributed by atoms with van der Waals surface area (Å²) < 4.78 is 4.99. The minimum Gasteiger partial charge on any atom is -0.394 e. The van der Waals surface area contributed by atoms with Crippen molar-refractivity contribution < 1.29 is 9.84 Å². The van der Waals surface area contributed by atoms with E-state index in [0.717, 1.165) is 6.42 Å². The number of rotatable bonds is 3. The molecular formula is C6H10O2. The molecule has 8 heavy (non-hydrogen) atoms. The summed E-state index contributed by atoms with van der Waals surface area (Å²) in [6.07, 6.45) is 3.04. The van der Waals surface area contributed by atoms with Crippen molar-refractivity contribution in [1.82, 2.24) is 0 Å². The zero-order valence-electron chi connectivity index (χ0n) is 4.71. The highest BCUT2D eigenvalue weighted by atomic mass is 16.6. The molecule has 1 rings (SSSR count). The van der Waals surface area contributed by atoms with E-state index in [0.29, 0.717) is 0 Å². The van der Waals surface area contributed by atoms with Crippen molar-refractivity contribution in [3.8, 4) is 0 Å². The summed E-state index contributed by atoms with van der Waals surface area (Å²) >= 11 is 0. The second-order valence-corrected chi connectivity index (χ2v) is 1.92. The van der Waals surface area contributed by atoms with Gasteiger partial charge in [0.25, 0.3) is 0 Å². The Balaban J connectivity index is 2.07. The van der Waals surface area contributed by atoms with Gasteiger partial charge in [-0.15, -0.1) is 6.58 Å². The number of ether oxygens (including phenoxy) is 1. The third-order valence-corrected chi connectivity index (χ3v) is 1.27. The minimum atomic E-state index is 0.105. The zero-order chi connectivity index (χ0) is 5.98. The van der Waals surface area contributed by atoms with Crippen molar-refractivity contribution in [3.05, 3.63) is 12.7 Å². The van der Waals surface area contributed by atoms with E-state index in [2.05, 4.69) is 6.58 Å². The van der Waals surface area contributed by atoms with E-state index in [1.54, 1.807) is 6.08 Å². The maximum atomic E-state index is 8.44. The third-order valence-electron chi connectivity index (χ3n) is 1.27. The minimum absolute atomic E-state index is 0.105. The van der Waals surface area contributed by atoms with Crippen LogP contribution in [0.4, 0.5) is 0 Å². The van der Waals surface area contributed by atoms with Gasteiger partial charge in [0.05, 0.1) is 12.7 Å². The molecule has 1 aliphatic heterocycles. The molecule has 1 aliphatic rings. The molecule has 0 aromatic heterocycles. The average Bonchev–Trinajstić information content (AvgIpc) is 2.48. The van der Waals surface area contributed by atoms with Gasteiger partial charge >= 0.3 is 0 Å². The Hall–Kier alpha value is -0.340. The van der Waals surface area contributed by atoms with Gasteiger partial charge < -0.3 is 9.84 Å². The molecule has 0 radical (unpaired) electrons. The van der Waals surface area contributed by atoms with Crippen LogP contribution in [0.3, 0.4) is 0 Å². The van der Waals surface area contributed by atoms with E-state index in [-0.39, 0.29) is 18.8 Å². The molecule has 46 valence electrons. The first-order valence-corrected chi connectivity index (χ1v) is 2.75. The second-order valence-electron chi connectivity index (χ2n) is 1.92. The Bertz CT molecular complexity index is 90.5. The second kappa shape index (κ2) is 2.29. The van der Waals surface area contributed by atoms with E-state index in [1.807, 2.05) is 0 Å². The number of hydrogen-bond donors (Lipinski definition) is 1. The van der Waals surface area contributed by atoms with Crippen LogP contribution in [0.2, 0.25) is 0 Å². The lowest BCUT2D eigenvalue weighted by molar-refractivity contribution is 0.242. The van der Waals surface area contributed by atoms with Gasteiger partial charge in [0, 0.05) is 0 Å². The lowest BCUT2D eigenvalue weighted by Crippen LogP contribution is -1.96. The Kier molecular flexibility index (Phi) is 1.65. The zero-order valence-corrected chi connectivity index (χ0v) is 4.71. The van der Waals surface area contributed by atoms with Gasteiger partial charge in [0.2, 0.25) is 0 Å². The quantitative estimate of drug-likeness (QED) is 0.423. The Morgan fingerprint density at radius 3 is 2.75 bits per heavy atom. The summed E-state index contributed by atoms with van der Waals surface area (Å²) in [4.78, 5) is 0. The van der Waals surface area contributed by atoms with E-state index in [4.69, 9.17) is 9.84 Å². The third kappa shape index (κ3) is 1.08. The largest absolute Gasteiger partial charge is 0.394 e. The SMILES string of the molecule is C=CCC1OC1CO. The fraction of sp³-hybridized carbons (Fsp3) is 0.667. The molecule has 1 N–H and O–H groups in total. The molecule has 2 atom stereocenters. The lowest BCUT2D eigenvalue weighted by atomic mass is 10.2. The molecule has 2 nitrogen and oxygen atoms in total. The lowest BCUT2D eigenvalue weighted by Gasteiger charge is -1.80. The highest BCUT2D eigenvalue weighted by Gasteiger charge is 2.36. The molecule has 1 heterocycles. The normalized spacial score (nSPS) is 34.6. The van der Waals surface area contributed by atoms with Crippen LogP contribution in [0.15, 0.2) is 12.7 Å². The summed E-state index contributed by atoms with van der Waals surface area (Å²) in [7, 11) is 0. The van der Waals surface area contributed by atoms with Crippen LogP contribution in [0.1, 0.15) is 6.42 Å². The predicted octanol–water partition coefficient (Wildman–Crippen LogP) is 0.322. The van der Waals surface area contributed by atoms with Crippen LogP contribution >= 0.6 is 0 Å². The molecular weight excluding hydrogens is 104 g/mol. The van der Waals surface area contributed by atoms with E-state index >= 15 is 0 Å². The first-order valence-electron chi connectivity index (χ1n) is 2.75. The first kappa shape index (κ1) is 5.79. The van der Waals surface area contributed by atoms with E-state index in [1.165, 1.54) is 0 Å². The van der Waals surface area contributed by atoms with Crippen molar-refractivity contribution in [1.29, 1.82) is 0 Å². The smallest absolute Gasteiger partial charge is 0.107 e. The van der Waals surface area contributed by atoms with Crippen LogP contribution < -0.4 is 0 Å². The van der Waals surface area contributed by atoms with E-state index < -0.39 is 0 Å². The highest BCUT2D eigenvalue weighted by Crippen LogP contribution is 2.24. The van der Waals surface area contributed by atoms with Gasteiger partial charge in [-0.3, -0.25) is 0 Å². The molecule has 0 amide bonds. The van der Waals surface area contributed by atoms with Crippen LogP contribution in [0, 0.1) is 0 Å². The first-order chi connectivity index (χ1) is 3.88. The van der Waals surface area contributed by atoms with Gasteiger partial charge in [0.15, 0.2) is 0 Å². The Labute approximate surface area is 48.8 Å². The molecule has 0 bridgehead atoms. The molecule has 0 saturated carbocycles. The van der Waals surface area contributed by atoms with Crippen LogP contribution in [-0.2, 0) is 4.74 Å². The molecule has 1 saturated heterocycles. The van der Waals surface area contributed by atoms with Gasteiger partial charge in [-0.05, 0) is 6.42 Å². The van der Waals surface area contributed by atoms with Crippen molar-refractivity contribution >= 4 is 0 Å². The molecule has 0 aromatic carbocycles. The standard InChI is InChI=1S/C6H10O2/c1-2-3-5-6(4-7)8-5/h2,5-7H,1,3-4H2. The molecule has 2 heteroatoms. The number of hydrogen-bond acceptors (Lipinski definition) is 2. The van der Waals surface area contributed by atoms with Gasteiger partial charge in [-0.2, -0.15) is 0 Å². The summed E-state index contributed by atoms with van der Waals surface area (Å²) in [5.41, 5.74) is 0. The van der Waals surface area contributed by atoms with Crippen molar-refractivity contribution in [2.45, 2.75) is 18.6 Å². The molecule has 2 unspecified atom stereocenters. The van der Waals surface area contributed by atoms with E-state index in [9.17, 15) is 0 Å². The number of epoxide rings is 1. The molecule has 0 aliphatic carbocycles. The summed E-state index contributed by atoms with van der Waals surface area (Å²) in [5, 5.41) is 8.44. The van der Waals surface area contributed by atoms with Crippen LogP contribution in [0.25, 0.3) is 0 Å². The molecule has 0 spiro atoms. The predicted molar refractivity (Wildman–Crippen MR) is 30.6 cm³/mol. The molecule has 1 fully saturated rings. The van der Waals surface area contributed by atoms with Crippen LogP contribution in [0.5, 0.6) is 0 Å². The van der Waals surface area contributed by atoms with Gasteiger partial charge in [0.1, 0.15) is 6.10 Å². The van der Waals surface area contributed by atoms with Crippen molar-refractivity contribution in [3.63, 3.8) is 0 Å². The monoisotopic (exact) mass is 114 g/mol. The Morgan fingerprint density at radius 2 is 2.38 bits per heavy atom. The summed E-state index contributed by atoms with van der Waals surface area (Å²) in [6, 6.07) is 0. The fourth-order valence-corrected chi connectivity index (χ4v) is 0.711. The summed E-state index contributed by atoms with van der Waals surface area (Å²) in [5.74, 6) is 0. The maximum Gasteiger partial charge on any atom is 0.107 e. The Morgan fingerprint density at radius 1 is 1.62 bits per heavy atom. The maximum absolute atomic E-state index is 8.44. The van der Waals surface area contributed by atoms with Crippen molar-refractivity contribution in [2.24, 2.45) is 0 Å².